The number of rotatable bonds is 5. The number of hydrogen-bond donors (Lipinski definition) is 3. The van der Waals surface area contributed by atoms with Crippen molar-refractivity contribution in [3.05, 3.63) is 46.6 Å². The van der Waals surface area contributed by atoms with E-state index in [0.29, 0.717) is 29.0 Å². The Morgan fingerprint density at radius 1 is 1.24 bits per heavy atom. The zero-order valence-electron chi connectivity index (χ0n) is 16.2. The number of aromatic nitrogens is 3. The van der Waals surface area contributed by atoms with Crippen molar-refractivity contribution in [3.8, 4) is 17.6 Å². The average molecular weight is 391 g/mol. The van der Waals surface area contributed by atoms with Crippen molar-refractivity contribution >= 4 is 28.8 Å². The summed E-state index contributed by atoms with van der Waals surface area (Å²) in [4.78, 5) is 23.2. The second-order valence-corrected chi connectivity index (χ2v) is 6.47. The van der Waals surface area contributed by atoms with E-state index in [1.165, 1.54) is 0 Å². The third kappa shape index (κ3) is 4.52. The Labute approximate surface area is 167 Å². The molecule has 0 spiro atoms. The predicted octanol–water partition coefficient (Wildman–Crippen LogP) is 2.31. The molecule has 0 aliphatic heterocycles. The van der Waals surface area contributed by atoms with Crippen molar-refractivity contribution in [2.24, 2.45) is 0 Å². The van der Waals surface area contributed by atoms with Gasteiger partial charge in [0.15, 0.2) is 5.65 Å². The standard InChI is InChI=1S/C21H21N5O3/c1-12-15(11-24-20-18(12)19(22)25-21(23)26-20)9-14-10-16(29-2)8-7-13(14)5-3-4-6-17(27)28/h7-8,10-11H,4,6,9H2,1-2H3,(H,27,28)(H4,22,23,24,25,26). The number of aliphatic carboxylic acids is 1. The van der Waals surface area contributed by atoms with E-state index in [1.54, 1.807) is 13.3 Å². The van der Waals surface area contributed by atoms with Gasteiger partial charge < -0.3 is 21.3 Å². The Balaban J connectivity index is 2.00. The van der Waals surface area contributed by atoms with E-state index < -0.39 is 5.97 Å². The van der Waals surface area contributed by atoms with Crippen molar-refractivity contribution in [2.75, 3.05) is 18.6 Å². The van der Waals surface area contributed by atoms with Crippen LogP contribution in [0.15, 0.2) is 24.4 Å². The number of carboxylic acid groups (broad SMARTS) is 1. The topological polar surface area (TPSA) is 137 Å². The van der Waals surface area contributed by atoms with Gasteiger partial charge >= 0.3 is 5.97 Å². The minimum atomic E-state index is -0.868. The van der Waals surface area contributed by atoms with E-state index in [2.05, 4.69) is 26.8 Å². The maximum Gasteiger partial charge on any atom is 0.304 e. The smallest absolute Gasteiger partial charge is 0.304 e. The second-order valence-electron chi connectivity index (χ2n) is 6.47. The van der Waals surface area contributed by atoms with Crippen LogP contribution in [0.1, 0.15) is 35.1 Å². The first-order valence-electron chi connectivity index (χ1n) is 8.93. The number of fused-ring (bicyclic) bond motifs is 1. The molecule has 8 heteroatoms. The molecule has 0 saturated carbocycles. The molecule has 0 aliphatic rings. The lowest BCUT2D eigenvalue weighted by atomic mass is 9.96. The summed E-state index contributed by atoms with van der Waals surface area (Å²) in [5, 5.41) is 9.44. The zero-order chi connectivity index (χ0) is 21.0. The molecule has 0 fully saturated rings. The van der Waals surface area contributed by atoms with Crippen LogP contribution in [-0.2, 0) is 11.2 Å². The van der Waals surface area contributed by atoms with Gasteiger partial charge in [-0.3, -0.25) is 4.79 Å². The van der Waals surface area contributed by atoms with Crippen LogP contribution >= 0.6 is 0 Å². The van der Waals surface area contributed by atoms with Crippen LogP contribution in [0.3, 0.4) is 0 Å². The van der Waals surface area contributed by atoms with Gasteiger partial charge in [0.2, 0.25) is 5.95 Å². The number of nitrogen functional groups attached to an aromatic ring is 2. The highest BCUT2D eigenvalue weighted by Crippen LogP contribution is 2.27. The van der Waals surface area contributed by atoms with E-state index in [1.807, 2.05) is 25.1 Å². The molecule has 0 bridgehead atoms. The number of methoxy groups -OCH3 is 1. The molecular formula is C21H21N5O3. The number of hydrogen-bond acceptors (Lipinski definition) is 7. The molecule has 0 radical (unpaired) electrons. The molecule has 0 aliphatic carbocycles. The van der Waals surface area contributed by atoms with Crippen LogP contribution in [0.5, 0.6) is 5.75 Å². The van der Waals surface area contributed by atoms with Crippen molar-refractivity contribution in [1.29, 1.82) is 0 Å². The highest BCUT2D eigenvalue weighted by molar-refractivity contribution is 5.90. The van der Waals surface area contributed by atoms with Crippen molar-refractivity contribution in [2.45, 2.75) is 26.2 Å². The molecule has 0 atom stereocenters. The Bertz CT molecular complexity index is 1150. The molecule has 2 heterocycles. The molecule has 8 nitrogen and oxygen atoms in total. The number of aryl methyl sites for hydroxylation is 1. The van der Waals surface area contributed by atoms with Crippen LogP contribution in [0, 0.1) is 18.8 Å². The number of nitrogens with two attached hydrogens (primary N) is 2. The third-order valence-electron chi connectivity index (χ3n) is 4.51. The van der Waals surface area contributed by atoms with E-state index in [-0.39, 0.29) is 18.8 Å². The van der Waals surface area contributed by atoms with Gasteiger partial charge in [-0.25, -0.2) is 4.98 Å². The van der Waals surface area contributed by atoms with Gasteiger partial charge in [0.1, 0.15) is 11.6 Å². The van der Waals surface area contributed by atoms with Gasteiger partial charge in [0, 0.05) is 24.6 Å². The summed E-state index contributed by atoms with van der Waals surface area (Å²) < 4.78 is 5.34. The summed E-state index contributed by atoms with van der Waals surface area (Å²) in [6.45, 7) is 1.94. The highest BCUT2D eigenvalue weighted by Gasteiger charge is 2.13. The molecule has 2 aromatic heterocycles. The SMILES string of the molecule is COc1ccc(C#CCCC(=O)O)c(Cc2cnc3nc(N)nc(N)c3c2C)c1. The molecular weight excluding hydrogens is 370 g/mol. The lowest BCUT2D eigenvalue weighted by molar-refractivity contribution is -0.136. The maximum absolute atomic E-state index is 10.7. The number of ether oxygens (including phenoxy) is 1. The monoisotopic (exact) mass is 391 g/mol. The van der Waals surface area contributed by atoms with Crippen LogP contribution in [0.2, 0.25) is 0 Å². The largest absolute Gasteiger partial charge is 0.497 e. The first-order valence-corrected chi connectivity index (χ1v) is 8.93. The first kappa shape index (κ1) is 19.9. The van der Waals surface area contributed by atoms with Crippen molar-refractivity contribution in [1.82, 2.24) is 15.0 Å². The fraction of sp³-hybridized carbons (Fsp3) is 0.238. The summed E-state index contributed by atoms with van der Waals surface area (Å²) in [6, 6.07) is 5.60. The summed E-state index contributed by atoms with van der Waals surface area (Å²) >= 11 is 0. The van der Waals surface area contributed by atoms with E-state index in [9.17, 15) is 4.79 Å². The first-order chi connectivity index (χ1) is 13.9. The fourth-order valence-electron chi connectivity index (χ4n) is 3.01. The lowest BCUT2D eigenvalue weighted by Crippen LogP contribution is -2.05. The van der Waals surface area contributed by atoms with Gasteiger partial charge in [0.25, 0.3) is 0 Å². The quantitative estimate of drug-likeness (QED) is 0.564. The molecule has 3 rings (SSSR count). The third-order valence-corrected chi connectivity index (χ3v) is 4.51. The molecule has 5 N–H and O–H groups in total. The number of benzene rings is 1. The summed E-state index contributed by atoms with van der Waals surface area (Å²) in [5.41, 5.74) is 15.8. The number of carbonyl (C=O) groups is 1. The molecule has 0 amide bonds. The van der Waals surface area contributed by atoms with Crippen molar-refractivity contribution in [3.63, 3.8) is 0 Å². The van der Waals surface area contributed by atoms with Crippen LogP contribution < -0.4 is 16.2 Å². The second kappa shape index (κ2) is 8.44. The Morgan fingerprint density at radius 3 is 2.76 bits per heavy atom. The molecule has 29 heavy (non-hydrogen) atoms. The summed E-state index contributed by atoms with van der Waals surface area (Å²) in [6.07, 6.45) is 2.57. The van der Waals surface area contributed by atoms with Crippen LogP contribution in [-0.4, -0.2) is 33.1 Å². The predicted molar refractivity (Wildman–Crippen MR) is 110 cm³/mol. The number of nitrogens with zero attached hydrogens (tertiary/aromatic N) is 3. The van der Waals surface area contributed by atoms with E-state index in [4.69, 9.17) is 21.3 Å². The van der Waals surface area contributed by atoms with E-state index in [0.717, 1.165) is 22.3 Å². The maximum atomic E-state index is 10.7. The van der Waals surface area contributed by atoms with Gasteiger partial charge in [-0.15, -0.1) is 0 Å². The molecule has 0 unspecified atom stereocenters. The van der Waals surface area contributed by atoms with Crippen molar-refractivity contribution < 1.29 is 14.6 Å². The number of carboxylic acids is 1. The minimum absolute atomic E-state index is 0.00853. The summed E-state index contributed by atoms with van der Waals surface area (Å²) in [7, 11) is 1.60. The number of anilines is 2. The normalized spacial score (nSPS) is 10.4. The molecule has 3 aromatic rings. The average Bonchev–Trinajstić information content (AvgIpc) is 2.67. The van der Waals surface area contributed by atoms with Crippen LogP contribution in [0.25, 0.3) is 11.0 Å². The Hall–Kier alpha value is -3.86. The van der Waals surface area contributed by atoms with Gasteiger partial charge in [-0.05, 0) is 41.8 Å². The van der Waals surface area contributed by atoms with Gasteiger partial charge in [-0.1, -0.05) is 11.8 Å². The molecule has 1 aromatic carbocycles. The van der Waals surface area contributed by atoms with Crippen LogP contribution in [0.4, 0.5) is 11.8 Å². The van der Waals surface area contributed by atoms with E-state index >= 15 is 0 Å². The molecule has 0 saturated heterocycles. The summed E-state index contributed by atoms with van der Waals surface area (Å²) in [5.74, 6) is 6.19. The number of pyridine rings is 1. The van der Waals surface area contributed by atoms with Gasteiger partial charge in [-0.2, -0.15) is 9.97 Å². The highest BCUT2D eigenvalue weighted by atomic mass is 16.5. The zero-order valence-corrected chi connectivity index (χ0v) is 16.2. The Morgan fingerprint density at radius 2 is 2.03 bits per heavy atom. The lowest BCUT2D eigenvalue weighted by Gasteiger charge is -2.12. The van der Waals surface area contributed by atoms with Gasteiger partial charge in [0.05, 0.1) is 18.9 Å². The Kier molecular flexibility index (Phi) is 5.79. The minimum Gasteiger partial charge on any atom is -0.497 e. The fourth-order valence-corrected chi connectivity index (χ4v) is 3.01. The molecule has 148 valence electrons.